The van der Waals surface area contributed by atoms with Gasteiger partial charge in [-0.3, -0.25) is 9.69 Å². The molecule has 6 nitrogen and oxygen atoms in total. The predicted octanol–water partition coefficient (Wildman–Crippen LogP) is 1.83. The van der Waals surface area contributed by atoms with Gasteiger partial charge >= 0.3 is 0 Å². The topological polar surface area (TPSA) is 60.0 Å². The molecule has 1 aromatic carbocycles. The van der Waals surface area contributed by atoms with E-state index in [0.29, 0.717) is 6.54 Å². The Morgan fingerprint density at radius 2 is 1.85 bits per heavy atom. The quantitative estimate of drug-likeness (QED) is 0.376. The van der Waals surface area contributed by atoms with Crippen molar-refractivity contribution >= 4 is 35.8 Å². The average molecular weight is 473 g/mol. The molecule has 2 rings (SSSR count). The largest absolute Gasteiger partial charge is 0.357 e. The molecule has 0 unspecified atom stereocenters. The van der Waals surface area contributed by atoms with Crippen LogP contribution in [-0.4, -0.2) is 67.5 Å². The standard InChI is InChI=1S/C19H31N5O.HI/c1-4-20-19(22-15-18-8-6-5-7-16(18)2)21-9-10-23-11-13-24(14-12-23)17(3)25;/h5-8H,4,9-15H2,1-3H3,(H2,20,21,22);1H. The molecule has 1 saturated heterocycles. The number of hydrogen-bond donors (Lipinski definition) is 2. The number of nitrogens with one attached hydrogen (secondary N) is 2. The summed E-state index contributed by atoms with van der Waals surface area (Å²) in [4.78, 5) is 20.4. The second-order valence-corrected chi connectivity index (χ2v) is 6.40. The van der Waals surface area contributed by atoms with Crippen LogP contribution in [0.1, 0.15) is 25.0 Å². The van der Waals surface area contributed by atoms with Gasteiger partial charge in [-0.05, 0) is 25.0 Å². The molecular weight excluding hydrogens is 441 g/mol. The lowest BCUT2D eigenvalue weighted by molar-refractivity contribution is -0.130. The van der Waals surface area contributed by atoms with E-state index in [2.05, 4.69) is 58.6 Å². The lowest BCUT2D eigenvalue weighted by atomic mass is 10.1. The molecule has 1 heterocycles. The molecule has 0 aliphatic carbocycles. The predicted molar refractivity (Wildman–Crippen MR) is 118 cm³/mol. The number of carbonyl (C=O) groups excluding carboxylic acids is 1. The van der Waals surface area contributed by atoms with E-state index in [9.17, 15) is 4.79 Å². The summed E-state index contributed by atoms with van der Waals surface area (Å²) in [5.74, 6) is 1.03. The van der Waals surface area contributed by atoms with Crippen LogP contribution in [0.5, 0.6) is 0 Å². The van der Waals surface area contributed by atoms with Crippen LogP contribution in [0.4, 0.5) is 0 Å². The number of amides is 1. The summed E-state index contributed by atoms with van der Waals surface area (Å²) >= 11 is 0. The maximum atomic E-state index is 11.4. The second kappa shape index (κ2) is 12.1. The third-order valence-corrected chi connectivity index (χ3v) is 4.55. The molecule has 0 saturated carbocycles. The molecule has 1 aromatic rings. The molecule has 0 aromatic heterocycles. The van der Waals surface area contributed by atoms with E-state index < -0.39 is 0 Å². The number of benzene rings is 1. The number of guanidine groups is 1. The Morgan fingerprint density at radius 3 is 2.46 bits per heavy atom. The summed E-state index contributed by atoms with van der Waals surface area (Å²) in [5.41, 5.74) is 2.52. The third kappa shape index (κ3) is 7.49. The summed E-state index contributed by atoms with van der Waals surface area (Å²) in [5, 5.41) is 6.71. The van der Waals surface area contributed by atoms with Crippen LogP contribution in [0.2, 0.25) is 0 Å². The van der Waals surface area contributed by atoms with Gasteiger partial charge in [0, 0.05) is 52.7 Å². The van der Waals surface area contributed by atoms with Crippen molar-refractivity contribution in [2.75, 3.05) is 45.8 Å². The molecule has 7 heteroatoms. The van der Waals surface area contributed by atoms with Crippen LogP contribution in [0.3, 0.4) is 0 Å². The Labute approximate surface area is 174 Å². The van der Waals surface area contributed by atoms with Gasteiger partial charge in [0.1, 0.15) is 0 Å². The van der Waals surface area contributed by atoms with Crippen LogP contribution >= 0.6 is 24.0 Å². The zero-order valence-electron chi connectivity index (χ0n) is 16.1. The van der Waals surface area contributed by atoms with E-state index in [-0.39, 0.29) is 29.9 Å². The number of hydrogen-bond acceptors (Lipinski definition) is 3. The van der Waals surface area contributed by atoms with Crippen molar-refractivity contribution in [1.82, 2.24) is 20.4 Å². The van der Waals surface area contributed by atoms with Gasteiger partial charge in [0.05, 0.1) is 6.54 Å². The van der Waals surface area contributed by atoms with E-state index in [1.54, 1.807) is 6.92 Å². The van der Waals surface area contributed by atoms with Crippen LogP contribution in [0.15, 0.2) is 29.3 Å². The molecule has 146 valence electrons. The van der Waals surface area contributed by atoms with Gasteiger partial charge in [0.2, 0.25) is 5.91 Å². The first-order valence-electron chi connectivity index (χ1n) is 9.14. The van der Waals surface area contributed by atoms with Crippen molar-refractivity contribution in [2.45, 2.75) is 27.3 Å². The first-order chi connectivity index (χ1) is 12.1. The molecule has 2 N–H and O–H groups in total. The zero-order chi connectivity index (χ0) is 18.1. The van der Waals surface area contributed by atoms with Gasteiger partial charge in [-0.1, -0.05) is 24.3 Å². The van der Waals surface area contributed by atoms with E-state index >= 15 is 0 Å². The molecule has 26 heavy (non-hydrogen) atoms. The smallest absolute Gasteiger partial charge is 0.219 e. The highest BCUT2D eigenvalue weighted by molar-refractivity contribution is 14.0. The van der Waals surface area contributed by atoms with E-state index in [1.165, 1.54) is 11.1 Å². The number of carbonyl (C=O) groups is 1. The highest BCUT2D eigenvalue weighted by atomic mass is 127. The number of piperazine rings is 1. The van der Waals surface area contributed by atoms with E-state index in [0.717, 1.165) is 51.8 Å². The van der Waals surface area contributed by atoms with Gasteiger partial charge in [-0.25, -0.2) is 4.99 Å². The van der Waals surface area contributed by atoms with E-state index in [4.69, 9.17) is 0 Å². The number of nitrogens with zero attached hydrogens (tertiary/aromatic N) is 3. The molecular formula is C19H32IN5O. The lowest BCUT2D eigenvalue weighted by Gasteiger charge is -2.34. The third-order valence-electron chi connectivity index (χ3n) is 4.55. The molecule has 1 amide bonds. The number of aliphatic imine (C=N–C) groups is 1. The zero-order valence-corrected chi connectivity index (χ0v) is 18.5. The molecule has 0 spiro atoms. The number of halogens is 1. The first kappa shape index (κ1) is 22.7. The monoisotopic (exact) mass is 473 g/mol. The molecule has 1 aliphatic heterocycles. The maximum Gasteiger partial charge on any atom is 0.219 e. The summed E-state index contributed by atoms with van der Waals surface area (Å²) in [7, 11) is 0. The maximum absolute atomic E-state index is 11.4. The SMILES string of the molecule is CCNC(=NCc1ccccc1C)NCCN1CCN(C(C)=O)CC1.I. The van der Waals surface area contributed by atoms with Crippen molar-refractivity contribution in [3.63, 3.8) is 0 Å². The van der Waals surface area contributed by atoms with Gasteiger partial charge in [-0.2, -0.15) is 0 Å². The number of aryl methyl sites for hydroxylation is 1. The van der Waals surface area contributed by atoms with Gasteiger partial charge < -0.3 is 15.5 Å². The Hall–Kier alpha value is -1.35. The van der Waals surface area contributed by atoms with Crippen molar-refractivity contribution in [3.05, 3.63) is 35.4 Å². The fourth-order valence-electron chi connectivity index (χ4n) is 2.91. The molecule has 1 fully saturated rings. The fraction of sp³-hybridized carbons (Fsp3) is 0.579. The Kier molecular flexibility index (Phi) is 10.6. The first-order valence-corrected chi connectivity index (χ1v) is 9.14. The van der Waals surface area contributed by atoms with Crippen molar-refractivity contribution in [3.8, 4) is 0 Å². The Balaban J connectivity index is 0.00000338. The minimum absolute atomic E-state index is 0. The molecule has 0 radical (unpaired) electrons. The summed E-state index contributed by atoms with van der Waals surface area (Å²) in [6.45, 7) is 12.7. The van der Waals surface area contributed by atoms with Crippen LogP contribution in [0.25, 0.3) is 0 Å². The fourth-order valence-corrected chi connectivity index (χ4v) is 2.91. The lowest BCUT2D eigenvalue weighted by Crippen LogP contribution is -2.50. The van der Waals surface area contributed by atoms with E-state index in [1.807, 2.05) is 4.90 Å². The van der Waals surface area contributed by atoms with Crippen LogP contribution < -0.4 is 10.6 Å². The second-order valence-electron chi connectivity index (χ2n) is 6.40. The van der Waals surface area contributed by atoms with Crippen molar-refractivity contribution in [1.29, 1.82) is 0 Å². The average Bonchev–Trinajstić information content (AvgIpc) is 2.61. The van der Waals surface area contributed by atoms with Crippen LogP contribution in [-0.2, 0) is 11.3 Å². The van der Waals surface area contributed by atoms with Gasteiger partial charge in [0.15, 0.2) is 5.96 Å². The van der Waals surface area contributed by atoms with Gasteiger partial charge in [-0.15, -0.1) is 24.0 Å². The molecule has 1 aliphatic rings. The Bertz CT molecular complexity index is 585. The summed E-state index contributed by atoms with van der Waals surface area (Å²) in [6, 6.07) is 8.35. The normalized spacial score (nSPS) is 15.3. The van der Waals surface area contributed by atoms with Crippen molar-refractivity contribution in [2.24, 2.45) is 4.99 Å². The highest BCUT2D eigenvalue weighted by Gasteiger charge is 2.17. The Morgan fingerprint density at radius 1 is 1.15 bits per heavy atom. The van der Waals surface area contributed by atoms with Gasteiger partial charge in [0.25, 0.3) is 0 Å². The summed E-state index contributed by atoms with van der Waals surface area (Å²) in [6.07, 6.45) is 0. The molecule has 0 atom stereocenters. The highest BCUT2D eigenvalue weighted by Crippen LogP contribution is 2.07. The molecule has 0 bridgehead atoms. The minimum Gasteiger partial charge on any atom is -0.357 e. The summed E-state index contributed by atoms with van der Waals surface area (Å²) < 4.78 is 0. The number of rotatable bonds is 6. The van der Waals surface area contributed by atoms with Crippen LogP contribution in [0, 0.1) is 6.92 Å². The van der Waals surface area contributed by atoms with Crippen molar-refractivity contribution < 1.29 is 4.79 Å². The minimum atomic E-state index is 0.